The number of fused-ring (bicyclic) bond motifs is 1. The summed E-state index contributed by atoms with van der Waals surface area (Å²) < 4.78 is 5.59. The lowest BCUT2D eigenvalue weighted by Crippen LogP contribution is -2.40. The van der Waals surface area contributed by atoms with E-state index in [0.29, 0.717) is 24.7 Å². The van der Waals surface area contributed by atoms with Gasteiger partial charge in [-0.3, -0.25) is 19.3 Å². The minimum absolute atomic E-state index is 0.0181. The van der Waals surface area contributed by atoms with Crippen LogP contribution in [0.1, 0.15) is 74.2 Å². The number of nitrogens with two attached hydrogens (primary N) is 1. The van der Waals surface area contributed by atoms with Gasteiger partial charge in [0, 0.05) is 63.5 Å². The summed E-state index contributed by atoms with van der Waals surface area (Å²) in [5.41, 5.74) is 7.58. The van der Waals surface area contributed by atoms with Crippen molar-refractivity contribution in [3.8, 4) is 0 Å². The number of benzene rings is 1. The number of nitrogens with one attached hydrogen (secondary N) is 1. The molecule has 0 unspecified atom stereocenters. The summed E-state index contributed by atoms with van der Waals surface area (Å²) in [7, 11) is 0. The van der Waals surface area contributed by atoms with Crippen molar-refractivity contribution in [1.82, 2.24) is 10.2 Å². The number of anilines is 1. The average molecular weight is 459 g/mol. The van der Waals surface area contributed by atoms with Crippen molar-refractivity contribution in [3.05, 3.63) is 29.3 Å². The first kappa shape index (κ1) is 25.2. The van der Waals surface area contributed by atoms with Gasteiger partial charge in [0.15, 0.2) is 0 Å². The summed E-state index contributed by atoms with van der Waals surface area (Å²) in [4.78, 5) is 40.6. The van der Waals surface area contributed by atoms with E-state index in [1.54, 1.807) is 13.0 Å². The van der Waals surface area contributed by atoms with Gasteiger partial charge in [0.1, 0.15) is 0 Å². The lowest BCUT2D eigenvalue weighted by Gasteiger charge is -2.36. The molecule has 0 spiro atoms. The molecule has 0 saturated carbocycles. The molecule has 0 aliphatic carbocycles. The quantitative estimate of drug-likeness (QED) is 0.706. The maximum Gasteiger partial charge on any atom is 0.251 e. The zero-order valence-electron chi connectivity index (χ0n) is 19.8. The van der Waals surface area contributed by atoms with Gasteiger partial charge in [-0.15, -0.1) is 0 Å². The van der Waals surface area contributed by atoms with E-state index in [1.165, 1.54) is 12.8 Å². The molecule has 3 N–H and O–H groups in total. The fourth-order valence-corrected chi connectivity index (χ4v) is 4.74. The molecule has 3 rings (SSSR count). The van der Waals surface area contributed by atoms with Gasteiger partial charge in [0.05, 0.1) is 0 Å². The van der Waals surface area contributed by atoms with Crippen LogP contribution in [0.4, 0.5) is 5.69 Å². The van der Waals surface area contributed by atoms with E-state index in [-0.39, 0.29) is 24.8 Å². The van der Waals surface area contributed by atoms with Crippen LogP contribution in [0, 0.1) is 0 Å². The first-order valence-electron chi connectivity index (χ1n) is 12.2. The standard InChI is InChI=1S/C25H38N4O4/c1-19(30)29-14-6-4-2-3-5-13-28(22-10-15-33-16-11-22)18-21-17-20(7-8-23(21)29)25(32)27-12-9-24(26)31/h7-8,17,22H,2-6,9-16,18H2,1H3,(H2,26,31)(H,27,32). The van der Waals surface area contributed by atoms with Crippen molar-refractivity contribution in [2.24, 2.45) is 5.73 Å². The average Bonchev–Trinajstić information content (AvgIpc) is 2.79. The third-order valence-electron chi connectivity index (χ3n) is 6.58. The Labute approximate surface area is 196 Å². The molecule has 0 aromatic heterocycles. The Morgan fingerprint density at radius 2 is 1.76 bits per heavy atom. The number of carbonyl (C=O) groups is 3. The Hall–Kier alpha value is -2.45. The smallest absolute Gasteiger partial charge is 0.251 e. The maximum absolute atomic E-state index is 12.7. The second-order valence-corrected chi connectivity index (χ2v) is 9.07. The van der Waals surface area contributed by atoms with Crippen molar-refractivity contribution in [1.29, 1.82) is 0 Å². The zero-order valence-corrected chi connectivity index (χ0v) is 19.8. The first-order chi connectivity index (χ1) is 16.0. The number of hydrogen-bond donors (Lipinski definition) is 2. The van der Waals surface area contributed by atoms with Crippen LogP contribution >= 0.6 is 0 Å². The van der Waals surface area contributed by atoms with Gasteiger partial charge in [0.25, 0.3) is 5.91 Å². The highest BCUT2D eigenvalue weighted by atomic mass is 16.5. The number of ether oxygens (including phenoxy) is 1. The molecule has 1 aromatic carbocycles. The van der Waals surface area contributed by atoms with Crippen LogP contribution < -0.4 is 16.0 Å². The normalized spacial score (nSPS) is 19.1. The van der Waals surface area contributed by atoms with E-state index in [1.807, 2.05) is 17.0 Å². The third-order valence-corrected chi connectivity index (χ3v) is 6.58. The molecule has 33 heavy (non-hydrogen) atoms. The molecule has 2 heterocycles. The highest BCUT2D eigenvalue weighted by Gasteiger charge is 2.25. The topological polar surface area (TPSA) is 105 Å². The highest BCUT2D eigenvalue weighted by molar-refractivity contribution is 5.97. The molecule has 2 aliphatic heterocycles. The number of rotatable bonds is 5. The van der Waals surface area contributed by atoms with Crippen LogP contribution in [0.15, 0.2) is 18.2 Å². The molecule has 1 fully saturated rings. The molecular formula is C25H38N4O4. The fraction of sp³-hybridized carbons (Fsp3) is 0.640. The Morgan fingerprint density at radius 1 is 1.06 bits per heavy atom. The van der Waals surface area contributed by atoms with Crippen LogP contribution in [0.5, 0.6) is 0 Å². The van der Waals surface area contributed by atoms with Crippen molar-refractivity contribution in [3.63, 3.8) is 0 Å². The summed E-state index contributed by atoms with van der Waals surface area (Å²) in [6.45, 7) is 5.73. The largest absolute Gasteiger partial charge is 0.381 e. The number of primary amides is 1. The molecule has 0 atom stereocenters. The van der Waals surface area contributed by atoms with E-state index in [0.717, 1.165) is 63.1 Å². The zero-order chi connectivity index (χ0) is 23.6. The predicted molar refractivity (Wildman–Crippen MR) is 128 cm³/mol. The first-order valence-corrected chi connectivity index (χ1v) is 12.2. The Morgan fingerprint density at radius 3 is 2.45 bits per heavy atom. The predicted octanol–water partition coefficient (Wildman–Crippen LogP) is 2.59. The highest BCUT2D eigenvalue weighted by Crippen LogP contribution is 2.28. The lowest BCUT2D eigenvalue weighted by molar-refractivity contribution is -0.118. The summed E-state index contributed by atoms with van der Waals surface area (Å²) >= 11 is 0. The lowest BCUT2D eigenvalue weighted by atomic mass is 10.0. The summed E-state index contributed by atoms with van der Waals surface area (Å²) in [5.74, 6) is -0.668. The number of amides is 3. The van der Waals surface area contributed by atoms with Crippen LogP contribution in [-0.4, -0.2) is 61.5 Å². The minimum Gasteiger partial charge on any atom is -0.381 e. The van der Waals surface area contributed by atoms with Crippen LogP contribution in [0.2, 0.25) is 0 Å². The molecular weight excluding hydrogens is 420 g/mol. The molecule has 0 radical (unpaired) electrons. The van der Waals surface area contributed by atoms with Crippen LogP contribution in [0.25, 0.3) is 0 Å². The fourth-order valence-electron chi connectivity index (χ4n) is 4.74. The van der Waals surface area contributed by atoms with E-state index in [4.69, 9.17) is 10.5 Å². The molecule has 2 aliphatic rings. The van der Waals surface area contributed by atoms with Crippen molar-refractivity contribution in [2.75, 3.05) is 37.7 Å². The Bertz CT molecular complexity index is 823. The third kappa shape index (κ3) is 7.54. The van der Waals surface area contributed by atoms with E-state index in [2.05, 4.69) is 10.2 Å². The number of nitrogens with zero attached hydrogens (tertiary/aromatic N) is 2. The number of carbonyl (C=O) groups excluding carboxylic acids is 3. The second kappa shape index (κ2) is 12.7. The molecule has 182 valence electrons. The second-order valence-electron chi connectivity index (χ2n) is 9.07. The molecule has 0 bridgehead atoms. The summed E-state index contributed by atoms with van der Waals surface area (Å²) in [5, 5.41) is 2.76. The van der Waals surface area contributed by atoms with Gasteiger partial charge in [-0.2, -0.15) is 0 Å². The monoisotopic (exact) mass is 458 g/mol. The number of hydrogen-bond acceptors (Lipinski definition) is 5. The van der Waals surface area contributed by atoms with Gasteiger partial charge in [-0.1, -0.05) is 19.3 Å². The van der Waals surface area contributed by atoms with Crippen molar-refractivity contribution < 1.29 is 19.1 Å². The van der Waals surface area contributed by atoms with Gasteiger partial charge >= 0.3 is 0 Å². The van der Waals surface area contributed by atoms with Gasteiger partial charge in [0.2, 0.25) is 11.8 Å². The Balaban J connectivity index is 1.91. The maximum atomic E-state index is 12.7. The summed E-state index contributed by atoms with van der Waals surface area (Å²) in [6, 6.07) is 6.00. The minimum atomic E-state index is -0.447. The van der Waals surface area contributed by atoms with Gasteiger partial charge < -0.3 is 20.7 Å². The molecule has 1 aromatic rings. The summed E-state index contributed by atoms with van der Waals surface area (Å²) in [6.07, 6.45) is 7.70. The van der Waals surface area contributed by atoms with E-state index < -0.39 is 5.91 Å². The van der Waals surface area contributed by atoms with Gasteiger partial charge in [-0.05, 0) is 56.0 Å². The van der Waals surface area contributed by atoms with Crippen LogP contribution in [0.3, 0.4) is 0 Å². The molecule has 8 heteroatoms. The van der Waals surface area contributed by atoms with Crippen molar-refractivity contribution in [2.45, 2.75) is 70.9 Å². The van der Waals surface area contributed by atoms with E-state index >= 15 is 0 Å². The van der Waals surface area contributed by atoms with Crippen LogP contribution in [-0.2, 0) is 20.9 Å². The van der Waals surface area contributed by atoms with Crippen molar-refractivity contribution >= 4 is 23.4 Å². The molecule has 1 saturated heterocycles. The SMILES string of the molecule is CC(=O)N1CCCCCCCN(C2CCOCC2)Cc2cc(C(=O)NCCC(N)=O)ccc21. The molecule has 3 amide bonds. The van der Waals surface area contributed by atoms with Gasteiger partial charge in [-0.25, -0.2) is 0 Å². The van der Waals surface area contributed by atoms with E-state index in [9.17, 15) is 14.4 Å². The Kier molecular flexibility index (Phi) is 9.69. The molecule has 8 nitrogen and oxygen atoms in total.